The number of amides is 1. The van der Waals surface area contributed by atoms with Gasteiger partial charge in [-0.2, -0.15) is 0 Å². The molecule has 1 fully saturated rings. The van der Waals surface area contributed by atoms with Gasteiger partial charge in [0.25, 0.3) is 0 Å². The number of ether oxygens (including phenoxy) is 1. The highest BCUT2D eigenvalue weighted by atomic mass is 16.5. The lowest BCUT2D eigenvalue weighted by Crippen LogP contribution is -2.49. The van der Waals surface area contributed by atoms with Gasteiger partial charge in [-0.15, -0.1) is 0 Å². The smallest absolute Gasteiger partial charge is 0.224 e. The first-order valence-corrected chi connectivity index (χ1v) is 10.1. The number of hydrogen-bond acceptors (Lipinski definition) is 4. The Kier molecular flexibility index (Phi) is 6.80. The molecule has 0 radical (unpaired) electrons. The van der Waals surface area contributed by atoms with Crippen LogP contribution in [0.1, 0.15) is 18.9 Å². The molecule has 3 rings (SSSR count). The van der Waals surface area contributed by atoms with Crippen LogP contribution in [-0.2, 0) is 4.79 Å². The number of carbonyl (C=O) groups excluding carboxylic acids is 1. The highest BCUT2D eigenvalue weighted by Crippen LogP contribution is 2.21. The Labute approximate surface area is 168 Å². The summed E-state index contributed by atoms with van der Waals surface area (Å²) >= 11 is 0. The van der Waals surface area contributed by atoms with E-state index in [1.807, 2.05) is 17.0 Å². The number of carbonyl (C=O) groups is 1. The molecule has 2 aromatic carbocycles. The van der Waals surface area contributed by atoms with Crippen LogP contribution in [0.3, 0.4) is 0 Å². The minimum absolute atomic E-state index is 0.250. The van der Waals surface area contributed by atoms with Gasteiger partial charge in [-0.05, 0) is 55.8 Å². The zero-order valence-electron chi connectivity index (χ0n) is 17.2. The van der Waals surface area contributed by atoms with E-state index in [2.05, 4.69) is 60.0 Å². The molecular formula is C23H31N3O2. The van der Waals surface area contributed by atoms with Crippen molar-refractivity contribution in [3.05, 3.63) is 54.1 Å². The summed E-state index contributed by atoms with van der Waals surface area (Å²) in [7, 11) is 1.68. The minimum Gasteiger partial charge on any atom is -0.497 e. The van der Waals surface area contributed by atoms with Gasteiger partial charge in [0, 0.05) is 57.1 Å². The van der Waals surface area contributed by atoms with E-state index in [9.17, 15) is 4.79 Å². The van der Waals surface area contributed by atoms with Crippen LogP contribution in [-0.4, -0.2) is 57.2 Å². The topological polar surface area (TPSA) is 36.0 Å². The third-order valence-electron chi connectivity index (χ3n) is 5.41. The molecule has 2 aromatic rings. The predicted octanol–water partition coefficient (Wildman–Crippen LogP) is 3.57. The second-order valence-electron chi connectivity index (χ2n) is 7.23. The van der Waals surface area contributed by atoms with E-state index in [0.29, 0.717) is 6.42 Å². The Morgan fingerprint density at radius 3 is 2.39 bits per heavy atom. The van der Waals surface area contributed by atoms with Crippen LogP contribution < -0.4 is 14.5 Å². The lowest BCUT2D eigenvalue weighted by Gasteiger charge is -2.36. The van der Waals surface area contributed by atoms with Gasteiger partial charge in [0.05, 0.1) is 7.11 Å². The fourth-order valence-electron chi connectivity index (χ4n) is 3.69. The Morgan fingerprint density at radius 2 is 1.79 bits per heavy atom. The van der Waals surface area contributed by atoms with Gasteiger partial charge in [-0.1, -0.05) is 12.1 Å². The van der Waals surface area contributed by atoms with Gasteiger partial charge in [-0.3, -0.25) is 4.79 Å². The zero-order chi connectivity index (χ0) is 19.9. The van der Waals surface area contributed by atoms with Crippen LogP contribution in [0.2, 0.25) is 0 Å². The average Bonchev–Trinajstić information content (AvgIpc) is 2.74. The quantitative estimate of drug-likeness (QED) is 0.735. The van der Waals surface area contributed by atoms with Crippen molar-refractivity contribution in [3.63, 3.8) is 0 Å². The number of rotatable bonds is 7. The van der Waals surface area contributed by atoms with Gasteiger partial charge >= 0.3 is 0 Å². The monoisotopic (exact) mass is 381 g/mol. The standard InChI is InChI=1S/C23H31N3O2/c1-4-24(21-7-5-6-19(2)18-21)13-12-23(27)26-16-14-25(15-17-26)20-8-10-22(28-3)11-9-20/h5-11,18H,4,12-17H2,1-3H3. The molecule has 1 aliphatic heterocycles. The van der Waals surface area contributed by atoms with Gasteiger partial charge in [0.1, 0.15) is 5.75 Å². The van der Waals surface area contributed by atoms with Crippen molar-refractivity contribution >= 4 is 17.3 Å². The zero-order valence-corrected chi connectivity index (χ0v) is 17.2. The summed E-state index contributed by atoms with van der Waals surface area (Å²) < 4.78 is 5.22. The molecular weight excluding hydrogens is 350 g/mol. The van der Waals surface area contributed by atoms with E-state index in [4.69, 9.17) is 4.74 Å². The van der Waals surface area contributed by atoms with Crippen molar-refractivity contribution in [1.29, 1.82) is 0 Å². The fraction of sp³-hybridized carbons (Fsp3) is 0.435. The normalized spacial score (nSPS) is 14.1. The van der Waals surface area contributed by atoms with Crippen LogP contribution in [0.15, 0.2) is 48.5 Å². The lowest BCUT2D eigenvalue weighted by atomic mass is 10.2. The average molecular weight is 382 g/mol. The molecule has 0 unspecified atom stereocenters. The number of aryl methyl sites for hydroxylation is 1. The molecule has 1 aliphatic rings. The minimum atomic E-state index is 0.250. The molecule has 5 heteroatoms. The number of hydrogen-bond donors (Lipinski definition) is 0. The van der Waals surface area contributed by atoms with Crippen molar-refractivity contribution < 1.29 is 9.53 Å². The van der Waals surface area contributed by atoms with Crippen molar-refractivity contribution in [1.82, 2.24) is 4.90 Å². The Bertz CT molecular complexity index is 768. The Balaban J connectivity index is 1.49. The molecule has 1 heterocycles. The number of anilines is 2. The summed E-state index contributed by atoms with van der Waals surface area (Å²) in [6.07, 6.45) is 0.560. The van der Waals surface area contributed by atoms with E-state index in [1.165, 1.54) is 16.9 Å². The molecule has 0 spiro atoms. The van der Waals surface area contributed by atoms with Gasteiger partial charge in [-0.25, -0.2) is 0 Å². The first-order valence-electron chi connectivity index (χ1n) is 10.1. The maximum absolute atomic E-state index is 12.7. The number of methoxy groups -OCH3 is 1. The van der Waals surface area contributed by atoms with Crippen LogP contribution in [0.5, 0.6) is 5.75 Å². The van der Waals surface area contributed by atoms with Crippen molar-refractivity contribution in [3.8, 4) is 5.75 Å². The largest absolute Gasteiger partial charge is 0.497 e. The van der Waals surface area contributed by atoms with Crippen LogP contribution in [0.4, 0.5) is 11.4 Å². The van der Waals surface area contributed by atoms with E-state index in [1.54, 1.807) is 7.11 Å². The molecule has 150 valence electrons. The summed E-state index contributed by atoms with van der Waals surface area (Å²) in [5.41, 5.74) is 3.63. The third-order valence-corrected chi connectivity index (χ3v) is 5.41. The highest BCUT2D eigenvalue weighted by Gasteiger charge is 2.21. The Hall–Kier alpha value is -2.69. The van der Waals surface area contributed by atoms with E-state index in [-0.39, 0.29) is 5.91 Å². The summed E-state index contributed by atoms with van der Waals surface area (Å²) in [5.74, 6) is 1.12. The molecule has 1 saturated heterocycles. The van der Waals surface area contributed by atoms with Crippen molar-refractivity contribution in [2.24, 2.45) is 0 Å². The number of benzene rings is 2. The summed E-state index contributed by atoms with van der Waals surface area (Å²) in [6.45, 7) is 9.20. The first-order chi connectivity index (χ1) is 13.6. The van der Waals surface area contributed by atoms with Crippen LogP contribution >= 0.6 is 0 Å². The summed E-state index contributed by atoms with van der Waals surface area (Å²) in [6, 6.07) is 16.6. The molecule has 0 saturated carbocycles. The molecule has 5 nitrogen and oxygen atoms in total. The van der Waals surface area contributed by atoms with Crippen molar-refractivity contribution in [2.45, 2.75) is 20.3 Å². The van der Waals surface area contributed by atoms with Gasteiger partial charge in [0.15, 0.2) is 0 Å². The maximum atomic E-state index is 12.7. The molecule has 0 bridgehead atoms. The summed E-state index contributed by atoms with van der Waals surface area (Å²) in [4.78, 5) is 19.3. The second-order valence-corrected chi connectivity index (χ2v) is 7.23. The fourth-order valence-corrected chi connectivity index (χ4v) is 3.69. The molecule has 0 aliphatic carbocycles. The second kappa shape index (κ2) is 9.49. The highest BCUT2D eigenvalue weighted by molar-refractivity contribution is 5.77. The predicted molar refractivity (Wildman–Crippen MR) is 115 cm³/mol. The number of piperazine rings is 1. The maximum Gasteiger partial charge on any atom is 0.224 e. The molecule has 0 aromatic heterocycles. The molecule has 0 atom stereocenters. The molecule has 0 N–H and O–H groups in total. The SMILES string of the molecule is CCN(CCC(=O)N1CCN(c2ccc(OC)cc2)CC1)c1cccc(C)c1. The van der Waals surface area contributed by atoms with E-state index in [0.717, 1.165) is 45.0 Å². The van der Waals surface area contributed by atoms with Crippen molar-refractivity contribution in [2.75, 3.05) is 56.2 Å². The lowest BCUT2D eigenvalue weighted by molar-refractivity contribution is -0.131. The first kappa shape index (κ1) is 20.1. The summed E-state index contributed by atoms with van der Waals surface area (Å²) in [5, 5.41) is 0. The van der Waals surface area contributed by atoms with Crippen LogP contribution in [0, 0.1) is 6.92 Å². The number of nitrogens with zero attached hydrogens (tertiary/aromatic N) is 3. The van der Waals surface area contributed by atoms with Crippen LogP contribution in [0.25, 0.3) is 0 Å². The molecule has 1 amide bonds. The van der Waals surface area contributed by atoms with E-state index < -0.39 is 0 Å². The van der Waals surface area contributed by atoms with E-state index >= 15 is 0 Å². The third kappa shape index (κ3) is 4.97. The van der Waals surface area contributed by atoms with Gasteiger partial charge < -0.3 is 19.4 Å². The molecule has 28 heavy (non-hydrogen) atoms. The van der Waals surface area contributed by atoms with Gasteiger partial charge in [0.2, 0.25) is 5.91 Å². The Morgan fingerprint density at radius 1 is 1.07 bits per heavy atom.